The van der Waals surface area contributed by atoms with E-state index in [0.29, 0.717) is 18.4 Å². The van der Waals surface area contributed by atoms with Gasteiger partial charge in [0.05, 0.1) is 6.61 Å². The Bertz CT molecular complexity index is 859. The minimum Gasteiger partial charge on any atom is -0.493 e. The molecule has 0 saturated carbocycles. The molecule has 4 rings (SSSR count). The van der Waals surface area contributed by atoms with E-state index in [0.717, 1.165) is 36.3 Å². The molecule has 1 unspecified atom stereocenters. The van der Waals surface area contributed by atoms with Crippen LogP contribution in [-0.2, 0) is 0 Å². The number of ether oxygens (including phenoxy) is 3. The Labute approximate surface area is 199 Å². The Kier molecular flexibility index (Phi) is 8.55. The number of nitrogens with zero attached hydrogens (tertiary/aromatic N) is 2. The maximum absolute atomic E-state index is 6.29. The highest BCUT2D eigenvalue weighted by atomic mass is 35.5. The summed E-state index contributed by atoms with van der Waals surface area (Å²) in [5, 5.41) is 0. The lowest BCUT2D eigenvalue weighted by atomic mass is 9.80. The first-order valence-corrected chi connectivity index (χ1v) is 11.6. The molecule has 2 aromatic rings. The van der Waals surface area contributed by atoms with Gasteiger partial charge >= 0.3 is 0 Å². The lowest BCUT2D eigenvalue weighted by molar-refractivity contribution is 0.0998. The van der Waals surface area contributed by atoms with Crippen molar-refractivity contribution >= 4 is 18.1 Å². The molecule has 0 N–H and O–H groups in total. The van der Waals surface area contributed by atoms with Gasteiger partial charge < -0.3 is 24.0 Å². The number of piperidine rings is 1. The van der Waals surface area contributed by atoms with Crippen LogP contribution in [0.5, 0.6) is 17.2 Å². The van der Waals surface area contributed by atoms with Crippen molar-refractivity contribution in [3.63, 3.8) is 0 Å². The van der Waals surface area contributed by atoms with Crippen LogP contribution in [0.2, 0.25) is 0 Å². The van der Waals surface area contributed by atoms with Crippen LogP contribution < -0.4 is 19.1 Å². The maximum Gasteiger partial charge on any atom is 0.231 e. The Morgan fingerprint density at radius 3 is 2.56 bits per heavy atom. The minimum absolute atomic E-state index is 0. The smallest absolute Gasteiger partial charge is 0.231 e. The normalized spacial score (nSPS) is 21.0. The zero-order valence-corrected chi connectivity index (χ0v) is 20.6. The van der Waals surface area contributed by atoms with Gasteiger partial charge in [-0.3, -0.25) is 0 Å². The standard InChI is InChI=1S/C26H36N2O3.ClH/c1-5-19(2)15-28-13-12-24(20-6-8-22(9-7-20)27(3)4)21(16-28)17-29-23-10-11-25-26(14-23)31-18-30-25;/h6-11,14,19,21,24H,5,12-13,15-18H2,1-4H3;1H/t19?,21-,24-;/m0./s1. The molecule has 176 valence electrons. The van der Waals surface area contributed by atoms with Crippen LogP contribution in [0.1, 0.15) is 38.2 Å². The third-order valence-corrected chi connectivity index (χ3v) is 6.73. The monoisotopic (exact) mass is 460 g/mol. The number of fused-ring (bicyclic) bond motifs is 1. The Morgan fingerprint density at radius 1 is 1.09 bits per heavy atom. The molecule has 0 spiro atoms. The van der Waals surface area contributed by atoms with Gasteiger partial charge in [-0.05, 0) is 54.6 Å². The van der Waals surface area contributed by atoms with E-state index in [9.17, 15) is 0 Å². The summed E-state index contributed by atoms with van der Waals surface area (Å²) in [5.74, 6) is 4.11. The molecule has 5 nitrogen and oxygen atoms in total. The van der Waals surface area contributed by atoms with Crippen molar-refractivity contribution in [3.8, 4) is 17.2 Å². The number of rotatable bonds is 8. The predicted molar refractivity (Wildman–Crippen MR) is 133 cm³/mol. The lowest BCUT2D eigenvalue weighted by Gasteiger charge is -2.39. The van der Waals surface area contributed by atoms with Gasteiger partial charge in [0.15, 0.2) is 11.5 Å². The van der Waals surface area contributed by atoms with E-state index in [1.807, 2.05) is 18.2 Å². The highest BCUT2D eigenvalue weighted by Crippen LogP contribution is 2.37. The Hall–Kier alpha value is -2.11. The second kappa shape index (κ2) is 11.2. The van der Waals surface area contributed by atoms with Crippen molar-refractivity contribution in [1.29, 1.82) is 0 Å². The summed E-state index contributed by atoms with van der Waals surface area (Å²) in [6.45, 7) is 9.03. The summed E-state index contributed by atoms with van der Waals surface area (Å²) in [5.41, 5.74) is 2.67. The molecular formula is C26H37ClN2O3. The molecule has 0 aliphatic carbocycles. The molecule has 2 aliphatic rings. The van der Waals surface area contributed by atoms with Gasteiger partial charge in [-0.15, -0.1) is 12.4 Å². The van der Waals surface area contributed by atoms with E-state index in [2.05, 4.69) is 62.0 Å². The van der Waals surface area contributed by atoms with E-state index in [4.69, 9.17) is 14.2 Å². The molecule has 3 atom stereocenters. The van der Waals surface area contributed by atoms with E-state index >= 15 is 0 Å². The third kappa shape index (κ3) is 5.81. The maximum atomic E-state index is 6.29. The van der Waals surface area contributed by atoms with Crippen LogP contribution in [0.25, 0.3) is 0 Å². The summed E-state index contributed by atoms with van der Waals surface area (Å²) in [4.78, 5) is 4.78. The molecule has 0 radical (unpaired) electrons. The fraction of sp³-hybridized carbons (Fsp3) is 0.538. The van der Waals surface area contributed by atoms with E-state index in [-0.39, 0.29) is 19.2 Å². The van der Waals surface area contributed by atoms with Crippen molar-refractivity contribution in [2.45, 2.75) is 32.6 Å². The Morgan fingerprint density at radius 2 is 1.84 bits per heavy atom. The zero-order chi connectivity index (χ0) is 21.8. The molecule has 2 heterocycles. The number of hydrogen-bond donors (Lipinski definition) is 0. The zero-order valence-electron chi connectivity index (χ0n) is 19.8. The number of benzene rings is 2. The van der Waals surface area contributed by atoms with Gasteiger partial charge in [-0.2, -0.15) is 0 Å². The fourth-order valence-corrected chi connectivity index (χ4v) is 4.64. The van der Waals surface area contributed by atoms with Gasteiger partial charge in [-0.25, -0.2) is 0 Å². The number of hydrogen-bond acceptors (Lipinski definition) is 5. The highest BCUT2D eigenvalue weighted by Gasteiger charge is 2.31. The summed E-state index contributed by atoms with van der Waals surface area (Å²) >= 11 is 0. The molecule has 0 aromatic heterocycles. The van der Waals surface area contributed by atoms with Crippen LogP contribution in [-0.4, -0.2) is 52.0 Å². The first-order valence-electron chi connectivity index (χ1n) is 11.6. The minimum atomic E-state index is 0. The molecule has 0 amide bonds. The van der Waals surface area contributed by atoms with Crippen molar-refractivity contribution in [3.05, 3.63) is 48.0 Å². The lowest BCUT2D eigenvalue weighted by Crippen LogP contribution is -2.43. The average molecular weight is 461 g/mol. The molecule has 1 saturated heterocycles. The van der Waals surface area contributed by atoms with E-state index < -0.39 is 0 Å². The van der Waals surface area contributed by atoms with Crippen molar-refractivity contribution < 1.29 is 14.2 Å². The second-order valence-electron chi connectivity index (χ2n) is 9.24. The van der Waals surface area contributed by atoms with Crippen LogP contribution in [0, 0.1) is 11.8 Å². The van der Waals surface area contributed by atoms with Gasteiger partial charge in [0.2, 0.25) is 6.79 Å². The summed E-state index contributed by atoms with van der Waals surface area (Å²) in [6.07, 6.45) is 2.40. The largest absolute Gasteiger partial charge is 0.493 e. The summed E-state index contributed by atoms with van der Waals surface area (Å²) in [7, 11) is 4.18. The summed E-state index contributed by atoms with van der Waals surface area (Å²) in [6, 6.07) is 14.9. The fourth-order valence-electron chi connectivity index (χ4n) is 4.64. The van der Waals surface area contributed by atoms with Gasteiger partial charge in [0.25, 0.3) is 0 Å². The molecular weight excluding hydrogens is 424 g/mol. The first-order chi connectivity index (χ1) is 15.0. The topological polar surface area (TPSA) is 34.2 Å². The number of likely N-dealkylation sites (tertiary alicyclic amines) is 1. The van der Waals surface area contributed by atoms with Gasteiger partial charge in [-0.1, -0.05) is 32.4 Å². The number of anilines is 1. The first kappa shape index (κ1) is 24.5. The molecule has 32 heavy (non-hydrogen) atoms. The molecule has 2 aromatic carbocycles. The van der Waals surface area contributed by atoms with Gasteiger partial charge in [0.1, 0.15) is 5.75 Å². The SMILES string of the molecule is CCC(C)CN1CC[C@@H](c2ccc(N(C)C)cc2)[C@H](COc2ccc3c(c2)OCO3)C1.Cl. The highest BCUT2D eigenvalue weighted by molar-refractivity contribution is 5.85. The van der Waals surface area contributed by atoms with Crippen LogP contribution in [0.4, 0.5) is 5.69 Å². The molecule has 0 bridgehead atoms. The Balaban J connectivity index is 0.00000289. The van der Waals surface area contributed by atoms with Crippen molar-refractivity contribution in [2.75, 3.05) is 52.0 Å². The van der Waals surface area contributed by atoms with E-state index in [1.165, 1.54) is 30.6 Å². The van der Waals surface area contributed by atoms with E-state index in [1.54, 1.807) is 0 Å². The quantitative estimate of drug-likeness (QED) is 0.524. The predicted octanol–water partition coefficient (Wildman–Crippen LogP) is 5.43. The average Bonchev–Trinajstić information content (AvgIpc) is 3.25. The molecule has 2 aliphatic heterocycles. The van der Waals surface area contributed by atoms with Crippen LogP contribution in [0.3, 0.4) is 0 Å². The van der Waals surface area contributed by atoms with Crippen molar-refractivity contribution in [1.82, 2.24) is 4.90 Å². The summed E-state index contributed by atoms with van der Waals surface area (Å²) < 4.78 is 17.2. The van der Waals surface area contributed by atoms with Crippen LogP contribution in [0.15, 0.2) is 42.5 Å². The second-order valence-corrected chi connectivity index (χ2v) is 9.24. The third-order valence-electron chi connectivity index (χ3n) is 6.73. The number of halogens is 1. The van der Waals surface area contributed by atoms with Gasteiger partial charge in [0, 0.05) is 44.9 Å². The van der Waals surface area contributed by atoms with Crippen molar-refractivity contribution in [2.24, 2.45) is 11.8 Å². The molecule has 6 heteroatoms. The van der Waals surface area contributed by atoms with Crippen LogP contribution >= 0.6 is 12.4 Å². The molecule has 1 fully saturated rings.